The van der Waals surface area contributed by atoms with Crippen molar-refractivity contribution in [2.45, 2.75) is 43.9 Å². The van der Waals surface area contributed by atoms with Crippen molar-refractivity contribution in [3.63, 3.8) is 0 Å². The molecule has 186 valence electrons. The minimum absolute atomic E-state index is 0.00170. The Balaban J connectivity index is 1.25. The van der Waals surface area contributed by atoms with Gasteiger partial charge in [0.25, 0.3) is 0 Å². The van der Waals surface area contributed by atoms with Gasteiger partial charge in [-0.3, -0.25) is 19.5 Å². The summed E-state index contributed by atoms with van der Waals surface area (Å²) in [6.45, 7) is 1.73. The number of pyridine rings is 1. The Bertz CT molecular complexity index is 1030. The number of fused-ring (bicyclic) bond motifs is 1. The van der Waals surface area contributed by atoms with E-state index in [0.29, 0.717) is 44.0 Å². The molecular weight excluding hydrogens is 462 g/mol. The molecule has 0 spiro atoms. The Kier molecular flexibility index (Phi) is 8.14. The van der Waals surface area contributed by atoms with Gasteiger partial charge in [-0.2, -0.15) is 0 Å². The molecule has 9 nitrogen and oxygen atoms in total. The molecule has 3 atom stereocenters. The first-order valence-corrected chi connectivity index (χ1v) is 12.3. The zero-order valence-corrected chi connectivity index (χ0v) is 21.0. The maximum Gasteiger partial charge on any atom is 0.237 e. The number of piperazine rings is 1. The summed E-state index contributed by atoms with van der Waals surface area (Å²) in [7, 11) is 4.00. The Labute approximate surface area is 211 Å². The molecule has 2 amide bonds. The maximum atomic E-state index is 12.5. The summed E-state index contributed by atoms with van der Waals surface area (Å²) >= 11 is 5.53. The van der Waals surface area contributed by atoms with E-state index in [0.717, 1.165) is 16.9 Å². The molecule has 3 heterocycles. The van der Waals surface area contributed by atoms with Crippen LogP contribution in [-0.4, -0.2) is 72.1 Å². The Morgan fingerprint density at radius 3 is 2.77 bits per heavy atom. The van der Waals surface area contributed by atoms with Crippen molar-refractivity contribution in [2.75, 3.05) is 37.4 Å². The van der Waals surface area contributed by atoms with Gasteiger partial charge in [-0.25, -0.2) is 0 Å². The van der Waals surface area contributed by atoms with Gasteiger partial charge in [0.1, 0.15) is 0 Å². The summed E-state index contributed by atoms with van der Waals surface area (Å²) < 4.78 is 0. The molecule has 35 heavy (non-hydrogen) atoms. The van der Waals surface area contributed by atoms with E-state index < -0.39 is 0 Å². The van der Waals surface area contributed by atoms with Crippen LogP contribution in [0.5, 0.6) is 0 Å². The third-order valence-electron chi connectivity index (χ3n) is 6.52. The molecule has 2 fully saturated rings. The number of benzene rings is 1. The Hall–Kier alpha value is -3.24. The molecule has 0 aliphatic carbocycles. The van der Waals surface area contributed by atoms with E-state index in [1.807, 2.05) is 55.4 Å². The topological polar surface area (TPSA) is 102 Å². The number of hydrogen-bond acceptors (Lipinski definition) is 6. The van der Waals surface area contributed by atoms with Gasteiger partial charge < -0.3 is 26.2 Å². The summed E-state index contributed by atoms with van der Waals surface area (Å²) in [6, 6.07) is 11.8. The molecule has 4 rings (SSSR count). The molecule has 1 aromatic heterocycles. The molecule has 0 unspecified atom stereocenters. The molecule has 0 saturated carbocycles. The van der Waals surface area contributed by atoms with Crippen molar-refractivity contribution in [3.05, 3.63) is 54.4 Å². The van der Waals surface area contributed by atoms with Gasteiger partial charge in [0.2, 0.25) is 11.8 Å². The quantitative estimate of drug-likeness (QED) is 0.409. The Morgan fingerprint density at radius 1 is 1.26 bits per heavy atom. The van der Waals surface area contributed by atoms with Gasteiger partial charge in [0.05, 0.1) is 6.04 Å². The second-order valence-corrected chi connectivity index (χ2v) is 9.67. The number of nitrogens with one attached hydrogen (secondary N) is 4. The van der Waals surface area contributed by atoms with Crippen molar-refractivity contribution < 1.29 is 9.59 Å². The first-order valence-electron chi connectivity index (χ1n) is 11.9. The number of rotatable bonds is 8. The molecule has 0 bridgehead atoms. The smallest absolute Gasteiger partial charge is 0.237 e. The van der Waals surface area contributed by atoms with Gasteiger partial charge in [-0.15, -0.1) is 0 Å². The lowest BCUT2D eigenvalue weighted by Crippen LogP contribution is -2.58. The van der Waals surface area contributed by atoms with Gasteiger partial charge >= 0.3 is 0 Å². The van der Waals surface area contributed by atoms with E-state index in [-0.39, 0.29) is 29.9 Å². The number of carbonyl (C=O) groups is 2. The highest BCUT2D eigenvalue weighted by Gasteiger charge is 2.43. The van der Waals surface area contributed by atoms with Crippen LogP contribution in [0.15, 0.2) is 48.8 Å². The third-order valence-corrected chi connectivity index (χ3v) is 6.74. The second-order valence-electron chi connectivity index (χ2n) is 9.26. The van der Waals surface area contributed by atoms with E-state index in [1.54, 1.807) is 12.4 Å². The number of carbonyl (C=O) groups excluding carboxylic acids is 2. The van der Waals surface area contributed by atoms with Crippen molar-refractivity contribution in [1.82, 2.24) is 25.8 Å². The van der Waals surface area contributed by atoms with Crippen molar-refractivity contribution in [3.8, 4) is 0 Å². The van der Waals surface area contributed by atoms with Gasteiger partial charge in [0.15, 0.2) is 5.11 Å². The average molecular weight is 496 g/mol. The summed E-state index contributed by atoms with van der Waals surface area (Å²) in [5.74, 6) is 0.0477. The van der Waals surface area contributed by atoms with Gasteiger partial charge in [-0.1, -0.05) is 6.07 Å². The summed E-state index contributed by atoms with van der Waals surface area (Å²) in [5, 5.41) is 13.1. The number of anilines is 2. The largest absolute Gasteiger partial charge is 0.378 e. The van der Waals surface area contributed by atoms with Crippen LogP contribution in [0.2, 0.25) is 0 Å². The zero-order valence-electron chi connectivity index (χ0n) is 20.2. The van der Waals surface area contributed by atoms with Crippen molar-refractivity contribution in [2.24, 2.45) is 0 Å². The first-order chi connectivity index (χ1) is 16.9. The molecule has 10 heteroatoms. The van der Waals surface area contributed by atoms with Gasteiger partial charge in [0, 0.05) is 76.0 Å². The van der Waals surface area contributed by atoms with E-state index in [9.17, 15) is 9.59 Å². The van der Waals surface area contributed by atoms with E-state index in [2.05, 4.69) is 31.2 Å². The third kappa shape index (κ3) is 6.67. The minimum atomic E-state index is -0.202. The fraction of sp³-hybridized carbons (Fsp3) is 0.440. The van der Waals surface area contributed by atoms with Crippen molar-refractivity contribution >= 4 is 40.5 Å². The van der Waals surface area contributed by atoms with Crippen LogP contribution in [0.4, 0.5) is 11.4 Å². The lowest BCUT2D eigenvalue weighted by atomic mass is 10.0. The van der Waals surface area contributed by atoms with Crippen LogP contribution in [0, 0.1) is 0 Å². The van der Waals surface area contributed by atoms with E-state index in [4.69, 9.17) is 12.2 Å². The standard InChI is InChI=1S/C25H33N7O2S/c1-31(2)20-7-5-18(6-8-20)29-25(35)30-19-12-22-24(34)28-15-21(32(22)16-19)9-10-23(33)27-14-17-4-3-11-26-13-17/h3-8,11,13,19,21-22H,9-10,12,14-16H2,1-2H3,(H,27,33)(H,28,34)(H2,29,30,35)/t19-,21-,22+/m1/s1. The molecule has 4 N–H and O–H groups in total. The van der Waals surface area contributed by atoms with E-state index >= 15 is 0 Å². The lowest BCUT2D eigenvalue weighted by molar-refractivity contribution is -0.129. The summed E-state index contributed by atoms with van der Waals surface area (Å²) in [4.78, 5) is 33.2. The van der Waals surface area contributed by atoms with Crippen LogP contribution in [0.3, 0.4) is 0 Å². The highest BCUT2D eigenvalue weighted by molar-refractivity contribution is 7.80. The number of nitrogens with zero attached hydrogens (tertiary/aromatic N) is 3. The normalized spacial score (nSPS) is 21.5. The molecule has 2 aromatic rings. The zero-order chi connectivity index (χ0) is 24.8. The molecule has 2 aliphatic heterocycles. The highest BCUT2D eigenvalue weighted by Crippen LogP contribution is 2.26. The SMILES string of the molecule is CN(C)c1ccc(NC(=S)N[C@@H]2C[C@H]3C(=O)NC[C@@H](CCC(=O)NCc4cccnc4)N3C2)cc1. The monoisotopic (exact) mass is 495 g/mol. The van der Waals surface area contributed by atoms with Gasteiger partial charge in [-0.05, 0) is 61.0 Å². The van der Waals surface area contributed by atoms with E-state index in [1.165, 1.54) is 0 Å². The van der Waals surface area contributed by atoms with Crippen LogP contribution in [0.1, 0.15) is 24.8 Å². The van der Waals surface area contributed by atoms with Crippen LogP contribution in [-0.2, 0) is 16.1 Å². The predicted molar refractivity (Wildman–Crippen MR) is 141 cm³/mol. The van der Waals surface area contributed by atoms with Crippen LogP contribution >= 0.6 is 12.2 Å². The van der Waals surface area contributed by atoms with Crippen LogP contribution < -0.4 is 26.2 Å². The molecule has 2 saturated heterocycles. The first kappa shape index (κ1) is 24.9. The summed E-state index contributed by atoms with van der Waals surface area (Å²) in [6.07, 6.45) is 5.23. The molecule has 1 aromatic carbocycles. The lowest BCUT2D eigenvalue weighted by Gasteiger charge is -2.37. The molecule has 2 aliphatic rings. The molecule has 0 radical (unpaired) electrons. The highest BCUT2D eigenvalue weighted by atomic mass is 32.1. The number of hydrogen-bond donors (Lipinski definition) is 4. The second kappa shape index (κ2) is 11.5. The Morgan fingerprint density at radius 2 is 2.06 bits per heavy atom. The fourth-order valence-electron chi connectivity index (χ4n) is 4.63. The number of amides is 2. The fourth-order valence-corrected chi connectivity index (χ4v) is 4.92. The minimum Gasteiger partial charge on any atom is -0.378 e. The maximum absolute atomic E-state index is 12.5. The predicted octanol–water partition coefficient (Wildman–Crippen LogP) is 1.47. The number of thiocarbonyl (C=S) groups is 1. The van der Waals surface area contributed by atoms with Crippen LogP contribution in [0.25, 0.3) is 0 Å². The number of aromatic nitrogens is 1. The van der Waals surface area contributed by atoms with Crippen molar-refractivity contribution in [1.29, 1.82) is 0 Å². The summed E-state index contributed by atoms with van der Waals surface area (Å²) in [5.41, 5.74) is 3.00. The average Bonchev–Trinajstić information content (AvgIpc) is 3.28. The molecular formula is C25H33N7O2S.